The first-order valence-electron chi connectivity index (χ1n) is 5.37. The third-order valence-electron chi connectivity index (χ3n) is 2.60. The average molecular weight is 226 g/mol. The second-order valence-corrected chi connectivity index (χ2v) is 4.17. The molecule has 2 rings (SSSR count). The molecule has 1 heterocycles. The molecule has 0 saturated heterocycles. The molecule has 0 aliphatic heterocycles. The zero-order chi connectivity index (χ0) is 10.5. The Morgan fingerprint density at radius 1 is 1.47 bits per heavy atom. The summed E-state index contributed by atoms with van der Waals surface area (Å²) >= 11 is 5.60. The highest BCUT2D eigenvalue weighted by molar-refractivity contribution is 6.18. The van der Waals surface area contributed by atoms with Crippen LogP contribution in [-0.4, -0.2) is 23.4 Å². The molecular formula is C12H16ClNO. The normalized spacial score (nSPS) is 16.7. The van der Waals surface area contributed by atoms with E-state index in [2.05, 4.69) is 11.0 Å². The van der Waals surface area contributed by atoms with Gasteiger partial charge in [0.25, 0.3) is 0 Å². The molecule has 0 bridgehead atoms. The molecule has 0 amide bonds. The van der Waals surface area contributed by atoms with E-state index in [0.29, 0.717) is 5.88 Å². The number of allylic oxidation sites excluding steroid dienone is 1. The monoisotopic (exact) mass is 225 g/mol. The first-order valence-corrected chi connectivity index (χ1v) is 5.91. The molecule has 1 fully saturated rings. The topological polar surface area (TPSA) is 16.4 Å². The summed E-state index contributed by atoms with van der Waals surface area (Å²) in [4.78, 5) is 2.43. The predicted octanol–water partition coefficient (Wildman–Crippen LogP) is 3.04. The van der Waals surface area contributed by atoms with E-state index in [9.17, 15) is 0 Å². The Hall–Kier alpha value is -0.730. The minimum atomic E-state index is 0.596. The number of nitrogens with zero attached hydrogens (tertiary/aromatic N) is 1. The highest BCUT2D eigenvalue weighted by Gasteiger charge is 2.28. The van der Waals surface area contributed by atoms with E-state index in [0.717, 1.165) is 24.9 Å². The molecule has 1 aromatic rings. The maximum absolute atomic E-state index is 5.60. The van der Waals surface area contributed by atoms with Crippen LogP contribution in [0.2, 0.25) is 0 Å². The molecule has 0 atom stereocenters. The number of alkyl halides is 1. The van der Waals surface area contributed by atoms with Crippen molar-refractivity contribution in [2.24, 2.45) is 0 Å². The Morgan fingerprint density at radius 2 is 2.33 bits per heavy atom. The number of hydrogen-bond donors (Lipinski definition) is 0. The standard InChI is InChI=1S/C12H16ClNO/c13-7-1-2-8-14(11-5-6-11)10-12-4-3-9-15-12/h1-4,9,11H,5-8,10H2. The van der Waals surface area contributed by atoms with Crippen molar-refractivity contribution in [2.45, 2.75) is 25.4 Å². The Kier molecular flexibility index (Phi) is 3.87. The van der Waals surface area contributed by atoms with E-state index in [4.69, 9.17) is 16.0 Å². The summed E-state index contributed by atoms with van der Waals surface area (Å²) in [6.07, 6.45) is 8.49. The minimum absolute atomic E-state index is 0.596. The lowest BCUT2D eigenvalue weighted by Crippen LogP contribution is -2.25. The van der Waals surface area contributed by atoms with E-state index >= 15 is 0 Å². The first-order chi connectivity index (χ1) is 7.40. The van der Waals surface area contributed by atoms with Crippen LogP contribution in [0.4, 0.5) is 0 Å². The van der Waals surface area contributed by atoms with Gasteiger partial charge in [0.2, 0.25) is 0 Å². The van der Waals surface area contributed by atoms with Crippen LogP contribution >= 0.6 is 11.6 Å². The summed E-state index contributed by atoms with van der Waals surface area (Å²) in [6.45, 7) is 1.88. The number of rotatable bonds is 6. The van der Waals surface area contributed by atoms with Crippen LogP contribution in [0.1, 0.15) is 18.6 Å². The zero-order valence-corrected chi connectivity index (χ0v) is 9.49. The molecule has 82 valence electrons. The van der Waals surface area contributed by atoms with Crippen molar-refractivity contribution in [3.63, 3.8) is 0 Å². The van der Waals surface area contributed by atoms with Gasteiger partial charge in [-0.3, -0.25) is 4.90 Å². The molecule has 1 saturated carbocycles. The van der Waals surface area contributed by atoms with Crippen LogP contribution in [0, 0.1) is 0 Å². The van der Waals surface area contributed by atoms with Gasteiger partial charge in [0.1, 0.15) is 5.76 Å². The minimum Gasteiger partial charge on any atom is -0.468 e. The quantitative estimate of drug-likeness (QED) is 0.547. The van der Waals surface area contributed by atoms with Gasteiger partial charge < -0.3 is 4.42 Å². The van der Waals surface area contributed by atoms with Crippen molar-refractivity contribution in [3.8, 4) is 0 Å². The van der Waals surface area contributed by atoms with E-state index < -0.39 is 0 Å². The van der Waals surface area contributed by atoms with Crippen molar-refractivity contribution in [1.82, 2.24) is 4.90 Å². The second-order valence-electron chi connectivity index (χ2n) is 3.87. The molecule has 3 heteroatoms. The van der Waals surface area contributed by atoms with Gasteiger partial charge in [0.05, 0.1) is 12.8 Å². The molecule has 1 aliphatic rings. The van der Waals surface area contributed by atoms with Gasteiger partial charge in [-0.15, -0.1) is 11.6 Å². The number of hydrogen-bond acceptors (Lipinski definition) is 2. The van der Waals surface area contributed by atoms with E-state index in [1.54, 1.807) is 6.26 Å². The Labute approximate surface area is 95.5 Å². The summed E-state index contributed by atoms with van der Waals surface area (Å²) in [7, 11) is 0. The third kappa shape index (κ3) is 3.40. The fourth-order valence-electron chi connectivity index (χ4n) is 1.66. The molecule has 2 nitrogen and oxygen atoms in total. The fraction of sp³-hybridized carbons (Fsp3) is 0.500. The molecule has 1 aliphatic carbocycles. The van der Waals surface area contributed by atoms with Crippen LogP contribution in [0.5, 0.6) is 0 Å². The number of furan rings is 1. The smallest absolute Gasteiger partial charge is 0.117 e. The molecule has 0 unspecified atom stereocenters. The molecule has 1 aromatic heterocycles. The first kappa shape index (κ1) is 10.8. The van der Waals surface area contributed by atoms with Crippen LogP contribution < -0.4 is 0 Å². The van der Waals surface area contributed by atoms with Crippen molar-refractivity contribution in [2.75, 3.05) is 12.4 Å². The van der Waals surface area contributed by atoms with Crippen LogP contribution in [0.3, 0.4) is 0 Å². The number of halogens is 1. The summed E-state index contributed by atoms with van der Waals surface area (Å²) in [5.74, 6) is 1.64. The molecule has 0 radical (unpaired) electrons. The van der Waals surface area contributed by atoms with Crippen molar-refractivity contribution in [1.29, 1.82) is 0 Å². The summed E-state index contributed by atoms with van der Waals surface area (Å²) in [6, 6.07) is 4.71. The van der Waals surface area contributed by atoms with Gasteiger partial charge >= 0.3 is 0 Å². The zero-order valence-electron chi connectivity index (χ0n) is 8.73. The summed E-state index contributed by atoms with van der Waals surface area (Å²) in [5, 5.41) is 0. The van der Waals surface area contributed by atoms with Gasteiger partial charge in [-0.2, -0.15) is 0 Å². The summed E-state index contributed by atoms with van der Waals surface area (Å²) in [5.41, 5.74) is 0. The van der Waals surface area contributed by atoms with Crippen LogP contribution in [0.15, 0.2) is 35.0 Å². The van der Waals surface area contributed by atoms with E-state index in [1.165, 1.54) is 12.8 Å². The van der Waals surface area contributed by atoms with Gasteiger partial charge in [-0.05, 0) is 25.0 Å². The van der Waals surface area contributed by atoms with E-state index in [-0.39, 0.29) is 0 Å². The Balaban J connectivity index is 1.86. The highest BCUT2D eigenvalue weighted by Crippen LogP contribution is 2.28. The van der Waals surface area contributed by atoms with Crippen LogP contribution in [0.25, 0.3) is 0 Å². The van der Waals surface area contributed by atoms with Gasteiger partial charge in [-0.1, -0.05) is 12.2 Å². The van der Waals surface area contributed by atoms with Crippen molar-refractivity contribution < 1.29 is 4.42 Å². The van der Waals surface area contributed by atoms with Gasteiger partial charge in [0, 0.05) is 18.5 Å². The van der Waals surface area contributed by atoms with E-state index in [1.807, 2.05) is 18.2 Å². The predicted molar refractivity (Wildman–Crippen MR) is 62.0 cm³/mol. The molecule has 0 aromatic carbocycles. The van der Waals surface area contributed by atoms with Gasteiger partial charge in [-0.25, -0.2) is 0 Å². The fourth-order valence-corrected chi connectivity index (χ4v) is 1.78. The Morgan fingerprint density at radius 3 is 2.93 bits per heavy atom. The third-order valence-corrected chi connectivity index (χ3v) is 2.78. The Bertz CT molecular complexity index is 303. The van der Waals surface area contributed by atoms with Crippen molar-refractivity contribution in [3.05, 3.63) is 36.3 Å². The SMILES string of the molecule is ClCC=CCN(Cc1ccco1)C1CC1. The molecule has 0 spiro atoms. The lowest BCUT2D eigenvalue weighted by molar-refractivity contribution is 0.258. The molecule has 15 heavy (non-hydrogen) atoms. The second kappa shape index (κ2) is 5.38. The van der Waals surface area contributed by atoms with Crippen molar-refractivity contribution >= 4 is 11.6 Å². The van der Waals surface area contributed by atoms with Gasteiger partial charge in [0.15, 0.2) is 0 Å². The maximum atomic E-state index is 5.60. The highest BCUT2D eigenvalue weighted by atomic mass is 35.5. The lowest BCUT2D eigenvalue weighted by atomic mass is 10.3. The average Bonchev–Trinajstić information content (AvgIpc) is 2.97. The molecular weight excluding hydrogens is 210 g/mol. The summed E-state index contributed by atoms with van der Waals surface area (Å²) < 4.78 is 5.36. The lowest BCUT2D eigenvalue weighted by Gasteiger charge is -2.18. The van der Waals surface area contributed by atoms with Crippen LogP contribution in [-0.2, 0) is 6.54 Å². The maximum Gasteiger partial charge on any atom is 0.117 e. The largest absolute Gasteiger partial charge is 0.468 e. The molecule has 0 N–H and O–H groups in total.